The van der Waals surface area contributed by atoms with Gasteiger partial charge >= 0.3 is 0 Å². The number of carbonyl (C=O) groups excluding carboxylic acids is 1. The predicted octanol–water partition coefficient (Wildman–Crippen LogP) is 2.12. The van der Waals surface area contributed by atoms with E-state index in [1.54, 1.807) is 0 Å². The van der Waals surface area contributed by atoms with Gasteiger partial charge in [-0.2, -0.15) is 0 Å². The minimum atomic E-state index is -0.0150. The van der Waals surface area contributed by atoms with Crippen LogP contribution in [0.4, 0.5) is 0 Å². The molecule has 0 radical (unpaired) electrons. The maximum atomic E-state index is 12.1. The number of hydrogen-bond acceptors (Lipinski definition) is 3. The van der Waals surface area contributed by atoms with Crippen LogP contribution in [0.3, 0.4) is 0 Å². The Hall–Kier alpha value is -1.39. The molecule has 1 aromatic carbocycles. The van der Waals surface area contributed by atoms with Crippen molar-refractivity contribution in [2.24, 2.45) is 5.73 Å². The topological polar surface area (TPSA) is 64.3 Å². The Labute approximate surface area is 121 Å². The van der Waals surface area contributed by atoms with Gasteiger partial charge in [-0.25, -0.2) is 0 Å². The number of nitrogens with one attached hydrogen (secondary N) is 1. The van der Waals surface area contributed by atoms with Gasteiger partial charge in [0.05, 0.1) is 6.10 Å². The molecule has 0 bridgehead atoms. The van der Waals surface area contributed by atoms with Gasteiger partial charge in [0, 0.05) is 18.7 Å². The molecule has 4 nitrogen and oxygen atoms in total. The number of ether oxygens (including phenoxy) is 1. The van der Waals surface area contributed by atoms with E-state index in [-0.39, 0.29) is 12.0 Å². The summed E-state index contributed by atoms with van der Waals surface area (Å²) in [4.78, 5) is 12.1. The average molecular weight is 278 g/mol. The van der Waals surface area contributed by atoms with Crippen LogP contribution in [-0.2, 0) is 11.2 Å². The summed E-state index contributed by atoms with van der Waals surface area (Å²) in [6, 6.07) is 7.62. The van der Waals surface area contributed by atoms with Gasteiger partial charge in [0.2, 0.25) is 0 Å². The SMILES string of the molecule is CC(C)OCCCCNC(=O)c1ccccc1CCN. The highest BCUT2D eigenvalue weighted by Crippen LogP contribution is 2.09. The fourth-order valence-corrected chi connectivity index (χ4v) is 1.96. The number of rotatable bonds is 9. The number of amides is 1. The van der Waals surface area contributed by atoms with E-state index in [0.29, 0.717) is 13.1 Å². The highest BCUT2D eigenvalue weighted by Gasteiger charge is 2.09. The van der Waals surface area contributed by atoms with Crippen LogP contribution < -0.4 is 11.1 Å². The van der Waals surface area contributed by atoms with E-state index in [2.05, 4.69) is 5.32 Å². The summed E-state index contributed by atoms with van der Waals surface area (Å²) in [5.74, 6) is -0.0150. The first-order chi connectivity index (χ1) is 9.65. The minimum Gasteiger partial charge on any atom is -0.379 e. The molecule has 0 saturated heterocycles. The Morgan fingerprint density at radius 2 is 2.05 bits per heavy atom. The molecule has 0 aromatic heterocycles. The number of nitrogens with two attached hydrogens (primary N) is 1. The lowest BCUT2D eigenvalue weighted by molar-refractivity contribution is 0.0754. The highest BCUT2D eigenvalue weighted by molar-refractivity contribution is 5.95. The Balaban J connectivity index is 2.32. The number of benzene rings is 1. The van der Waals surface area contributed by atoms with Crippen LogP contribution >= 0.6 is 0 Å². The smallest absolute Gasteiger partial charge is 0.251 e. The lowest BCUT2D eigenvalue weighted by atomic mass is 10.0. The molecule has 0 aliphatic rings. The summed E-state index contributed by atoms with van der Waals surface area (Å²) in [6.45, 7) is 6.03. The van der Waals surface area contributed by atoms with Gasteiger partial charge in [0.1, 0.15) is 0 Å². The Kier molecular flexibility index (Phi) is 7.92. The molecular formula is C16H26N2O2. The fraction of sp³-hybridized carbons (Fsp3) is 0.562. The van der Waals surface area contributed by atoms with Gasteiger partial charge in [0.15, 0.2) is 0 Å². The summed E-state index contributed by atoms with van der Waals surface area (Å²) in [7, 11) is 0. The zero-order valence-electron chi connectivity index (χ0n) is 12.5. The van der Waals surface area contributed by atoms with Crippen molar-refractivity contribution >= 4 is 5.91 Å². The molecule has 0 unspecified atom stereocenters. The van der Waals surface area contributed by atoms with Crippen LogP contribution in [-0.4, -0.2) is 31.7 Å². The second-order valence-electron chi connectivity index (χ2n) is 5.08. The van der Waals surface area contributed by atoms with Gasteiger partial charge in [-0.3, -0.25) is 4.79 Å². The Morgan fingerprint density at radius 3 is 2.75 bits per heavy atom. The summed E-state index contributed by atoms with van der Waals surface area (Å²) in [5.41, 5.74) is 7.31. The van der Waals surface area contributed by atoms with Gasteiger partial charge in [-0.15, -0.1) is 0 Å². The summed E-state index contributed by atoms with van der Waals surface area (Å²) in [5, 5.41) is 2.95. The fourth-order valence-electron chi connectivity index (χ4n) is 1.96. The van der Waals surface area contributed by atoms with Gasteiger partial charge in [0.25, 0.3) is 5.91 Å². The molecule has 20 heavy (non-hydrogen) atoms. The molecule has 112 valence electrons. The number of hydrogen-bond donors (Lipinski definition) is 2. The quantitative estimate of drug-likeness (QED) is 0.680. The summed E-state index contributed by atoms with van der Waals surface area (Å²) >= 11 is 0. The van der Waals surface area contributed by atoms with E-state index in [4.69, 9.17) is 10.5 Å². The maximum absolute atomic E-state index is 12.1. The Morgan fingerprint density at radius 1 is 1.30 bits per heavy atom. The largest absolute Gasteiger partial charge is 0.379 e. The number of unbranched alkanes of at least 4 members (excludes halogenated alkanes) is 1. The van der Waals surface area contributed by atoms with Crippen molar-refractivity contribution in [2.75, 3.05) is 19.7 Å². The molecule has 0 heterocycles. The third-order valence-electron chi connectivity index (χ3n) is 2.98. The minimum absolute atomic E-state index is 0.0150. The monoisotopic (exact) mass is 278 g/mol. The molecule has 1 aromatic rings. The molecule has 0 aliphatic carbocycles. The molecule has 1 rings (SSSR count). The van der Waals surface area contributed by atoms with Crippen molar-refractivity contribution in [1.29, 1.82) is 0 Å². The van der Waals surface area contributed by atoms with Crippen LogP contribution in [0.5, 0.6) is 0 Å². The maximum Gasteiger partial charge on any atom is 0.251 e. The molecule has 0 fully saturated rings. The first kappa shape index (κ1) is 16.7. The highest BCUT2D eigenvalue weighted by atomic mass is 16.5. The van der Waals surface area contributed by atoms with Crippen LogP contribution in [0.2, 0.25) is 0 Å². The first-order valence-electron chi connectivity index (χ1n) is 7.33. The molecule has 4 heteroatoms. The second kappa shape index (κ2) is 9.50. The van der Waals surface area contributed by atoms with Crippen LogP contribution in [0.15, 0.2) is 24.3 Å². The van der Waals surface area contributed by atoms with Crippen molar-refractivity contribution in [3.8, 4) is 0 Å². The molecule has 0 aliphatic heterocycles. The molecule has 0 saturated carbocycles. The standard InChI is InChI=1S/C16H26N2O2/c1-13(2)20-12-6-5-11-18-16(19)15-8-4-3-7-14(15)9-10-17/h3-4,7-8,13H,5-6,9-12,17H2,1-2H3,(H,18,19). The van der Waals surface area contributed by atoms with E-state index >= 15 is 0 Å². The van der Waals surface area contributed by atoms with E-state index in [1.165, 1.54) is 0 Å². The van der Waals surface area contributed by atoms with Crippen LogP contribution in [0, 0.1) is 0 Å². The van der Waals surface area contributed by atoms with E-state index in [1.807, 2.05) is 38.1 Å². The predicted molar refractivity (Wildman–Crippen MR) is 81.9 cm³/mol. The molecule has 1 amide bonds. The molecule has 0 spiro atoms. The van der Waals surface area contributed by atoms with Crippen molar-refractivity contribution in [3.63, 3.8) is 0 Å². The van der Waals surface area contributed by atoms with Gasteiger partial charge in [-0.1, -0.05) is 18.2 Å². The lowest BCUT2D eigenvalue weighted by Crippen LogP contribution is -2.26. The normalized spacial score (nSPS) is 10.8. The molecule has 0 atom stereocenters. The van der Waals surface area contributed by atoms with Crippen molar-refractivity contribution in [3.05, 3.63) is 35.4 Å². The summed E-state index contributed by atoms with van der Waals surface area (Å²) in [6.07, 6.45) is 2.89. The van der Waals surface area contributed by atoms with Crippen LogP contribution in [0.25, 0.3) is 0 Å². The van der Waals surface area contributed by atoms with Gasteiger partial charge in [-0.05, 0) is 51.3 Å². The zero-order valence-corrected chi connectivity index (χ0v) is 12.5. The molecule has 3 N–H and O–H groups in total. The third-order valence-corrected chi connectivity index (χ3v) is 2.98. The van der Waals surface area contributed by atoms with Crippen LogP contribution in [0.1, 0.15) is 42.6 Å². The van der Waals surface area contributed by atoms with Crippen molar-refractivity contribution in [2.45, 2.75) is 39.2 Å². The van der Waals surface area contributed by atoms with Crippen molar-refractivity contribution < 1.29 is 9.53 Å². The lowest BCUT2D eigenvalue weighted by Gasteiger charge is -2.10. The molecular weight excluding hydrogens is 252 g/mol. The second-order valence-corrected chi connectivity index (χ2v) is 5.08. The third kappa shape index (κ3) is 6.17. The Bertz CT molecular complexity index is 405. The number of carbonyl (C=O) groups is 1. The van der Waals surface area contributed by atoms with Crippen molar-refractivity contribution in [1.82, 2.24) is 5.32 Å². The first-order valence-corrected chi connectivity index (χ1v) is 7.33. The van der Waals surface area contributed by atoms with Gasteiger partial charge < -0.3 is 15.8 Å². The van der Waals surface area contributed by atoms with E-state index < -0.39 is 0 Å². The average Bonchev–Trinajstić information content (AvgIpc) is 2.43. The van der Waals surface area contributed by atoms with E-state index in [9.17, 15) is 4.79 Å². The zero-order chi connectivity index (χ0) is 14.8. The van der Waals surface area contributed by atoms with E-state index in [0.717, 1.165) is 37.0 Å². The summed E-state index contributed by atoms with van der Waals surface area (Å²) < 4.78 is 5.46.